The number of hydrogen-bond acceptors (Lipinski definition) is 8. The van der Waals surface area contributed by atoms with Crippen LogP contribution in [0.2, 0.25) is 0 Å². The van der Waals surface area contributed by atoms with Crippen molar-refractivity contribution >= 4 is 40.8 Å². The molecular formula is C36H45BN4O5. The van der Waals surface area contributed by atoms with Gasteiger partial charge in [-0.05, 0) is 88.3 Å². The molecule has 0 radical (unpaired) electrons. The van der Waals surface area contributed by atoms with Crippen molar-refractivity contribution in [3.63, 3.8) is 0 Å². The van der Waals surface area contributed by atoms with Crippen molar-refractivity contribution in [2.45, 2.75) is 79.1 Å². The lowest BCUT2D eigenvalue weighted by molar-refractivity contribution is -0.116. The average Bonchev–Trinajstić information content (AvgIpc) is 3.25. The van der Waals surface area contributed by atoms with E-state index in [0.717, 1.165) is 62.2 Å². The van der Waals surface area contributed by atoms with Crippen molar-refractivity contribution in [1.29, 1.82) is 0 Å². The van der Waals surface area contributed by atoms with Gasteiger partial charge < -0.3 is 29.4 Å². The Morgan fingerprint density at radius 2 is 1.65 bits per heavy atom. The highest BCUT2D eigenvalue weighted by Gasteiger charge is 2.51. The van der Waals surface area contributed by atoms with E-state index in [-0.39, 0.29) is 5.91 Å². The van der Waals surface area contributed by atoms with Crippen LogP contribution in [0.5, 0.6) is 11.5 Å². The summed E-state index contributed by atoms with van der Waals surface area (Å²) in [7, 11) is 2.74. The summed E-state index contributed by atoms with van der Waals surface area (Å²) in [6, 6.07) is 17.9. The molecule has 1 saturated heterocycles. The molecule has 1 amide bonds. The third-order valence-corrected chi connectivity index (χ3v) is 9.01. The molecule has 10 heteroatoms. The summed E-state index contributed by atoms with van der Waals surface area (Å²) in [5.74, 6) is 2.55. The largest absolute Gasteiger partial charge is 0.497 e. The number of ether oxygens (including phenoxy) is 2. The number of aryl methyl sites for hydroxylation is 1. The molecule has 2 heterocycles. The first-order chi connectivity index (χ1) is 21.8. The van der Waals surface area contributed by atoms with E-state index in [4.69, 9.17) is 18.8 Å². The van der Waals surface area contributed by atoms with E-state index in [2.05, 4.69) is 52.9 Å². The van der Waals surface area contributed by atoms with E-state index < -0.39 is 18.3 Å². The van der Waals surface area contributed by atoms with Crippen LogP contribution >= 0.6 is 0 Å². The van der Waals surface area contributed by atoms with E-state index >= 15 is 0 Å². The van der Waals surface area contributed by atoms with Gasteiger partial charge in [-0.1, -0.05) is 32.0 Å². The molecule has 1 aromatic heterocycles. The Balaban J connectivity index is 1.51. The first-order valence-corrected chi connectivity index (χ1v) is 15.8. The minimum absolute atomic E-state index is 0.0124. The molecule has 0 unspecified atom stereocenters. The molecule has 0 bridgehead atoms. The molecule has 2 N–H and O–H groups in total. The van der Waals surface area contributed by atoms with Gasteiger partial charge in [0.1, 0.15) is 11.5 Å². The molecular weight excluding hydrogens is 579 g/mol. The molecule has 1 fully saturated rings. The maximum absolute atomic E-state index is 13.0. The Hall–Kier alpha value is -4.15. The molecule has 0 saturated carbocycles. The van der Waals surface area contributed by atoms with Crippen LogP contribution in [0.15, 0.2) is 54.6 Å². The van der Waals surface area contributed by atoms with Crippen LogP contribution in [0.1, 0.15) is 65.6 Å². The Bertz CT molecular complexity index is 1720. The minimum atomic E-state index is -0.534. The van der Waals surface area contributed by atoms with Gasteiger partial charge in [0.15, 0.2) is 5.82 Å². The number of carbonyl (C=O) groups excluding carboxylic acids is 1. The standard InChI is InChI=1S/C36H45BN4O5/c1-22(2)10-17-33(42)39-31-16-13-26(37-45-35(4,5)36(6,7)46-37)19-30(31)24-12-15-28-29(18-24)23(3)40-41-34(28)38-21-25-11-14-27(43-8)20-32(25)44-9/h11-16,18-20,22H,10,17,21H2,1-9H3,(H,38,41)(H,39,42). The quantitative estimate of drug-likeness (QED) is 0.174. The Morgan fingerprint density at radius 1 is 0.913 bits per heavy atom. The predicted molar refractivity (Wildman–Crippen MR) is 185 cm³/mol. The zero-order valence-electron chi connectivity index (χ0n) is 28.4. The molecule has 242 valence electrons. The number of amides is 1. The summed E-state index contributed by atoms with van der Waals surface area (Å²) in [6.45, 7) is 14.8. The second-order valence-corrected chi connectivity index (χ2v) is 13.3. The fourth-order valence-corrected chi connectivity index (χ4v) is 5.43. The van der Waals surface area contributed by atoms with Gasteiger partial charge in [0, 0.05) is 46.6 Å². The molecule has 1 aliphatic heterocycles. The second-order valence-electron chi connectivity index (χ2n) is 13.3. The predicted octanol–water partition coefficient (Wildman–Crippen LogP) is 6.91. The molecule has 4 aromatic rings. The summed E-state index contributed by atoms with van der Waals surface area (Å²) in [4.78, 5) is 13.0. The Kier molecular flexibility index (Phi) is 9.61. The molecule has 46 heavy (non-hydrogen) atoms. The van der Waals surface area contributed by atoms with Crippen LogP contribution in [0.3, 0.4) is 0 Å². The van der Waals surface area contributed by atoms with E-state index in [1.807, 2.05) is 71.0 Å². The van der Waals surface area contributed by atoms with Gasteiger partial charge in [-0.3, -0.25) is 4.79 Å². The summed E-state index contributed by atoms with van der Waals surface area (Å²) in [6.07, 6.45) is 1.27. The lowest BCUT2D eigenvalue weighted by Gasteiger charge is -2.32. The molecule has 5 rings (SSSR count). The fourth-order valence-electron chi connectivity index (χ4n) is 5.43. The molecule has 0 atom stereocenters. The van der Waals surface area contributed by atoms with Crippen LogP contribution in [0.4, 0.5) is 11.5 Å². The molecule has 0 spiro atoms. The third kappa shape index (κ3) is 6.98. The van der Waals surface area contributed by atoms with Gasteiger partial charge in [0.25, 0.3) is 0 Å². The smallest absolute Gasteiger partial charge is 0.494 e. The number of nitrogens with one attached hydrogen (secondary N) is 2. The number of benzene rings is 3. The number of nitrogens with zero attached hydrogens (tertiary/aromatic N) is 2. The number of carbonyl (C=O) groups is 1. The van der Waals surface area contributed by atoms with Crippen LogP contribution in [-0.2, 0) is 20.6 Å². The SMILES string of the molecule is COc1ccc(CNc2nnc(C)c3cc(-c4cc(B5OC(C)(C)C(C)(C)O5)ccc4NC(=O)CCC(C)C)ccc23)c(OC)c1. The van der Waals surface area contributed by atoms with Crippen molar-refractivity contribution in [3.8, 4) is 22.6 Å². The Morgan fingerprint density at radius 3 is 2.33 bits per heavy atom. The van der Waals surface area contributed by atoms with Crippen molar-refractivity contribution in [3.05, 3.63) is 65.9 Å². The van der Waals surface area contributed by atoms with Crippen LogP contribution in [0.25, 0.3) is 21.9 Å². The van der Waals surface area contributed by atoms with Gasteiger partial charge >= 0.3 is 7.12 Å². The highest BCUT2D eigenvalue weighted by molar-refractivity contribution is 6.62. The number of methoxy groups -OCH3 is 2. The topological polar surface area (TPSA) is 104 Å². The zero-order valence-corrected chi connectivity index (χ0v) is 28.4. The lowest BCUT2D eigenvalue weighted by atomic mass is 9.77. The molecule has 9 nitrogen and oxygen atoms in total. The number of aromatic nitrogens is 2. The third-order valence-electron chi connectivity index (χ3n) is 9.01. The molecule has 3 aromatic carbocycles. The number of fused-ring (bicyclic) bond motifs is 1. The van der Waals surface area contributed by atoms with Crippen molar-refractivity contribution in [2.75, 3.05) is 24.9 Å². The highest BCUT2D eigenvalue weighted by Crippen LogP contribution is 2.38. The first-order valence-electron chi connectivity index (χ1n) is 15.8. The second kappa shape index (κ2) is 13.3. The molecule has 0 aliphatic carbocycles. The fraction of sp³-hybridized carbons (Fsp3) is 0.417. The van der Waals surface area contributed by atoms with Crippen LogP contribution in [-0.4, -0.2) is 48.6 Å². The van der Waals surface area contributed by atoms with E-state index in [1.165, 1.54) is 0 Å². The number of rotatable bonds is 11. The highest BCUT2D eigenvalue weighted by atomic mass is 16.7. The van der Waals surface area contributed by atoms with E-state index in [9.17, 15) is 4.79 Å². The van der Waals surface area contributed by atoms with Gasteiger partial charge in [-0.2, -0.15) is 5.10 Å². The van der Waals surface area contributed by atoms with Gasteiger partial charge in [-0.25, -0.2) is 0 Å². The van der Waals surface area contributed by atoms with Crippen LogP contribution < -0.4 is 25.6 Å². The monoisotopic (exact) mass is 624 g/mol. The zero-order chi connectivity index (χ0) is 33.2. The van der Waals surface area contributed by atoms with Crippen molar-refractivity contribution in [2.24, 2.45) is 5.92 Å². The maximum atomic E-state index is 13.0. The maximum Gasteiger partial charge on any atom is 0.494 e. The van der Waals surface area contributed by atoms with Crippen LogP contribution in [0, 0.1) is 12.8 Å². The van der Waals surface area contributed by atoms with Crippen molar-refractivity contribution < 1.29 is 23.6 Å². The summed E-state index contributed by atoms with van der Waals surface area (Å²) in [5, 5.41) is 17.5. The number of hydrogen-bond donors (Lipinski definition) is 2. The van der Waals surface area contributed by atoms with E-state index in [1.54, 1.807) is 14.2 Å². The summed E-state index contributed by atoms with van der Waals surface area (Å²) in [5.41, 5.74) is 4.25. The van der Waals surface area contributed by atoms with Gasteiger partial charge in [-0.15, -0.1) is 5.10 Å². The van der Waals surface area contributed by atoms with Gasteiger partial charge in [0.05, 0.1) is 31.1 Å². The van der Waals surface area contributed by atoms with E-state index in [0.29, 0.717) is 24.7 Å². The van der Waals surface area contributed by atoms with Crippen molar-refractivity contribution in [1.82, 2.24) is 10.2 Å². The summed E-state index contributed by atoms with van der Waals surface area (Å²) >= 11 is 0. The number of anilines is 2. The normalized spacial score (nSPS) is 15.3. The molecule has 1 aliphatic rings. The Labute approximate surface area is 272 Å². The minimum Gasteiger partial charge on any atom is -0.497 e. The lowest BCUT2D eigenvalue weighted by Crippen LogP contribution is -2.41. The first kappa shape index (κ1) is 33.2. The van der Waals surface area contributed by atoms with Gasteiger partial charge in [0.2, 0.25) is 5.91 Å². The summed E-state index contributed by atoms with van der Waals surface area (Å²) < 4.78 is 23.7. The average molecular weight is 625 g/mol.